The van der Waals surface area contributed by atoms with Crippen molar-refractivity contribution in [3.05, 3.63) is 50.4 Å². The van der Waals surface area contributed by atoms with Crippen molar-refractivity contribution in [1.82, 2.24) is 10.3 Å². The van der Waals surface area contributed by atoms with E-state index in [1.807, 2.05) is 17.5 Å². The second kappa shape index (κ2) is 6.37. The highest BCUT2D eigenvalue weighted by molar-refractivity contribution is 9.10. The van der Waals surface area contributed by atoms with Crippen LogP contribution in [0.1, 0.15) is 47.9 Å². The number of hydrogen-bond acceptors (Lipinski definition) is 3. The topological polar surface area (TPSA) is 24.9 Å². The monoisotopic (exact) mass is 350 g/mol. The largest absolute Gasteiger partial charge is 0.309 e. The van der Waals surface area contributed by atoms with Crippen LogP contribution < -0.4 is 5.32 Å². The van der Waals surface area contributed by atoms with Crippen LogP contribution in [0.2, 0.25) is 0 Å². The molecule has 0 radical (unpaired) electrons. The third kappa shape index (κ3) is 2.69. The molecule has 4 heteroatoms. The van der Waals surface area contributed by atoms with Gasteiger partial charge in [-0.1, -0.05) is 13.0 Å². The van der Waals surface area contributed by atoms with Crippen LogP contribution in [-0.4, -0.2) is 11.5 Å². The maximum Gasteiger partial charge on any atom is 0.0511 e. The summed E-state index contributed by atoms with van der Waals surface area (Å²) in [5.41, 5.74) is 2.73. The van der Waals surface area contributed by atoms with Crippen molar-refractivity contribution in [2.45, 2.75) is 38.1 Å². The molecule has 2 aromatic heterocycles. The SMILES string of the molecule is CCNC(c1sccc1Br)C1CCCc2cccnc21. The van der Waals surface area contributed by atoms with Crippen LogP contribution in [0.25, 0.3) is 0 Å². The Bertz CT molecular complexity index is 581. The Hall–Kier alpha value is -0.710. The zero-order valence-corrected chi connectivity index (χ0v) is 14.0. The first-order chi connectivity index (χ1) is 9.81. The van der Waals surface area contributed by atoms with Crippen LogP contribution in [0.3, 0.4) is 0 Å². The molecule has 0 saturated carbocycles. The number of thiophene rings is 1. The second-order valence-corrected chi connectivity index (χ2v) is 7.02. The van der Waals surface area contributed by atoms with Gasteiger partial charge in [-0.25, -0.2) is 0 Å². The molecule has 20 heavy (non-hydrogen) atoms. The van der Waals surface area contributed by atoms with Crippen LogP contribution in [0.5, 0.6) is 0 Å². The van der Waals surface area contributed by atoms with Crippen LogP contribution in [0.4, 0.5) is 0 Å². The fourth-order valence-electron chi connectivity index (χ4n) is 3.13. The molecule has 3 rings (SSSR count). The molecule has 0 amide bonds. The highest BCUT2D eigenvalue weighted by Crippen LogP contribution is 2.42. The van der Waals surface area contributed by atoms with Gasteiger partial charge < -0.3 is 5.32 Å². The summed E-state index contributed by atoms with van der Waals surface area (Å²) >= 11 is 5.52. The zero-order valence-electron chi connectivity index (χ0n) is 11.6. The van der Waals surface area contributed by atoms with E-state index in [1.165, 1.54) is 39.9 Å². The summed E-state index contributed by atoms with van der Waals surface area (Å²) in [7, 11) is 0. The van der Waals surface area contributed by atoms with Crippen LogP contribution in [0, 0.1) is 0 Å². The van der Waals surface area contributed by atoms with Gasteiger partial charge in [0.1, 0.15) is 0 Å². The lowest BCUT2D eigenvalue weighted by Gasteiger charge is -2.31. The highest BCUT2D eigenvalue weighted by atomic mass is 79.9. The molecular formula is C16H19BrN2S. The van der Waals surface area contributed by atoms with Gasteiger partial charge in [0.25, 0.3) is 0 Å². The molecule has 0 aromatic carbocycles. The summed E-state index contributed by atoms with van der Waals surface area (Å²) in [6, 6.07) is 6.81. The summed E-state index contributed by atoms with van der Waals surface area (Å²) in [6.45, 7) is 3.16. The van der Waals surface area contributed by atoms with Crippen LogP contribution in [0.15, 0.2) is 34.2 Å². The predicted molar refractivity (Wildman–Crippen MR) is 88.4 cm³/mol. The first kappa shape index (κ1) is 14.2. The molecule has 1 N–H and O–H groups in total. The lowest BCUT2D eigenvalue weighted by molar-refractivity contribution is 0.404. The number of halogens is 1. The fraction of sp³-hybridized carbons (Fsp3) is 0.438. The Kier molecular flexibility index (Phi) is 4.54. The predicted octanol–water partition coefficient (Wildman–Crippen LogP) is 4.68. The summed E-state index contributed by atoms with van der Waals surface area (Å²) in [5.74, 6) is 0.481. The van der Waals surface area contributed by atoms with Crippen molar-refractivity contribution in [3.8, 4) is 0 Å². The summed E-state index contributed by atoms with van der Waals surface area (Å²) < 4.78 is 1.22. The van der Waals surface area contributed by atoms with Gasteiger partial charge in [-0.05, 0) is 64.8 Å². The first-order valence-electron chi connectivity index (χ1n) is 7.21. The van der Waals surface area contributed by atoms with Gasteiger partial charge >= 0.3 is 0 Å². The maximum atomic E-state index is 4.69. The number of aromatic nitrogens is 1. The normalized spacial score (nSPS) is 19.6. The molecular weight excluding hydrogens is 332 g/mol. The standard InChI is InChI=1S/C16H19BrN2S/c1-2-18-15(16-13(17)8-10-20-16)12-7-3-5-11-6-4-9-19-14(11)12/h4,6,8-10,12,15,18H,2-3,5,7H2,1H3. The Morgan fingerprint density at radius 3 is 3.15 bits per heavy atom. The van der Waals surface area contributed by atoms with E-state index in [-0.39, 0.29) is 0 Å². The van der Waals surface area contributed by atoms with E-state index in [9.17, 15) is 0 Å². The lowest BCUT2D eigenvalue weighted by Crippen LogP contribution is -2.29. The fourth-order valence-corrected chi connectivity index (χ4v) is 4.89. The third-order valence-corrected chi connectivity index (χ3v) is 5.95. The summed E-state index contributed by atoms with van der Waals surface area (Å²) in [5, 5.41) is 5.84. The third-order valence-electron chi connectivity index (χ3n) is 3.99. The van der Waals surface area contributed by atoms with Gasteiger partial charge in [-0.2, -0.15) is 0 Å². The summed E-state index contributed by atoms with van der Waals surface area (Å²) in [6.07, 6.45) is 5.58. The smallest absolute Gasteiger partial charge is 0.0511 e. The van der Waals surface area contributed by atoms with Crippen molar-refractivity contribution in [1.29, 1.82) is 0 Å². The van der Waals surface area contributed by atoms with Gasteiger partial charge in [0.2, 0.25) is 0 Å². The molecule has 0 fully saturated rings. The number of rotatable bonds is 4. The number of fused-ring (bicyclic) bond motifs is 1. The molecule has 0 saturated heterocycles. The molecule has 2 atom stereocenters. The number of hydrogen-bond donors (Lipinski definition) is 1. The molecule has 0 aliphatic heterocycles. The minimum absolute atomic E-state index is 0.364. The Labute approximate surface area is 132 Å². The number of aryl methyl sites for hydroxylation is 1. The average molecular weight is 351 g/mol. The minimum Gasteiger partial charge on any atom is -0.309 e. The minimum atomic E-state index is 0.364. The van der Waals surface area contributed by atoms with Crippen molar-refractivity contribution in [2.24, 2.45) is 0 Å². The number of pyridine rings is 1. The van der Waals surface area contributed by atoms with E-state index < -0.39 is 0 Å². The second-order valence-electron chi connectivity index (χ2n) is 5.21. The molecule has 2 unspecified atom stereocenters. The molecule has 106 valence electrons. The summed E-state index contributed by atoms with van der Waals surface area (Å²) in [4.78, 5) is 6.09. The van der Waals surface area contributed by atoms with E-state index in [0.717, 1.165) is 6.54 Å². The Morgan fingerprint density at radius 1 is 1.50 bits per heavy atom. The van der Waals surface area contributed by atoms with Gasteiger partial charge in [0.05, 0.1) is 6.04 Å². The molecule has 1 aliphatic rings. The van der Waals surface area contributed by atoms with Crippen molar-refractivity contribution in [2.75, 3.05) is 6.54 Å². The first-order valence-corrected chi connectivity index (χ1v) is 8.88. The molecule has 1 aliphatic carbocycles. The lowest BCUT2D eigenvalue weighted by atomic mass is 9.81. The maximum absolute atomic E-state index is 4.69. The van der Waals surface area contributed by atoms with E-state index >= 15 is 0 Å². The zero-order chi connectivity index (χ0) is 13.9. The van der Waals surface area contributed by atoms with Crippen molar-refractivity contribution >= 4 is 27.3 Å². The van der Waals surface area contributed by atoms with Gasteiger partial charge in [0.15, 0.2) is 0 Å². The Balaban J connectivity index is 1.99. The molecule has 0 bridgehead atoms. The molecule has 2 heterocycles. The number of nitrogens with zero attached hydrogens (tertiary/aromatic N) is 1. The number of nitrogens with one attached hydrogen (secondary N) is 1. The van der Waals surface area contributed by atoms with Crippen molar-refractivity contribution < 1.29 is 0 Å². The van der Waals surface area contributed by atoms with E-state index in [1.54, 1.807) is 0 Å². The van der Waals surface area contributed by atoms with Crippen LogP contribution >= 0.6 is 27.3 Å². The molecule has 0 spiro atoms. The quantitative estimate of drug-likeness (QED) is 0.865. The number of likely N-dealkylation sites (N-methyl/N-ethyl adjacent to an activating group) is 1. The van der Waals surface area contributed by atoms with E-state index in [0.29, 0.717) is 12.0 Å². The van der Waals surface area contributed by atoms with Gasteiger partial charge in [0, 0.05) is 27.2 Å². The van der Waals surface area contributed by atoms with Crippen molar-refractivity contribution in [3.63, 3.8) is 0 Å². The van der Waals surface area contributed by atoms with Gasteiger partial charge in [-0.3, -0.25) is 4.98 Å². The van der Waals surface area contributed by atoms with Gasteiger partial charge in [-0.15, -0.1) is 11.3 Å². The van der Waals surface area contributed by atoms with Crippen LogP contribution in [-0.2, 0) is 6.42 Å². The molecule has 2 nitrogen and oxygen atoms in total. The Morgan fingerprint density at radius 2 is 2.40 bits per heavy atom. The molecule has 2 aromatic rings. The van der Waals surface area contributed by atoms with E-state index in [4.69, 9.17) is 4.98 Å². The average Bonchev–Trinajstić information content (AvgIpc) is 2.90. The highest BCUT2D eigenvalue weighted by Gasteiger charge is 2.31. The van der Waals surface area contributed by atoms with E-state index in [2.05, 4.69) is 51.7 Å².